The van der Waals surface area contributed by atoms with E-state index in [1.807, 2.05) is 0 Å². The number of rotatable bonds is 5. The maximum Gasteiger partial charge on any atom is 0.0888 e. The molecule has 2 aliphatic carbocycles. The van der Waals surface area contributed by atoms with Crippen molar-refractivity contribution in [2.24, 2.45) is 17.8 Å². The Balaban J connectivity index is 1.83. The molecule has 3 unspecified atom stereocenters. The molecule has 2 aliphatic rings. The van der Waals surface area contributed by atoms with Crippen LogP contribution in [0.15, 0.2) is 24.0 Å². The minimum Gasteiger partial charge on any atom is -0.513 e. The normalized spacial score (nSPS) is 32.3. The van der Waals surface area contributed by atoms with Gasteiger partial charge in [-0.3, -0.25) is 0 Å². The SMILES string of the molecule is C/C=C\CCCCC1C=C(O)CC2CCCCC12. The molecule has 0 heterocycles. The molecule has 18 heavy (non-hydrogen) atoms. The highest BCUT2D eigenvalue weighted by molar-refractivity contribution is 5.06. The third-order valence-corrected chi connectivity index (χ3v) is 4.79. The Hall–Kier alpha value is -0.720. The predicted molar refractivity (Wildman–Crippen MR) is 77.5 cm³/mol. The zero-order chi connectivity index (χ0) is 12.8. The molecule has 1 nitrogen and oxygen atoms in total. The Morgan fingerprint density at radius 1 is 1.28 bits per heavy atom. The van der Waals surface area contributed by atoms with Crippen molar-refractivity contribution in [2.75, 3.05) is 0 Å². The monoisotopic (exact) mass is 248 g/mol. The number of hydrogen-bond acceptors (Lipinski definition) is 1. The van der Waals surface area contributed by atoms with Crippen LogP contribution in [-0.2, 0) is 0 Å². The smallest absolute Gasteiger partial charge is 0.0888 e. The fraction of sp³-hybridized carbons (Fsp3) is 0.765. The first kappa shape index (κ1) is 13.7. The number of unbranched alkanes of at least 4 members (excludes halogenated alkanes) is 2. The summed E-state index contributed by atoms with van der Waals surface area (Å²) in [6, 6.07) is 0. The molecule has 0 aromatic heterocycles. The first-order valence-electron chi connectivity index (χ1n) is 7.82. The van der Waals surface area contributed by atoms with Crippen LogP contribution in [0, 0.1) is 17.8 Å². The molecule has 102 valence electrons. The van der Waals surface area contributed by atoms with Crippen LogP contribution in [-0.4, -0.2) is 5.11 Å². The average molecular weight is 248 g/mol. The fourth-order valence-corrected chi connectivity index (χ4v) is 3.87. The third-order valence-electron chi connectivity index (χ3n) is 4.79. The number of hydrogen-bond donors (Lipinski definition) is 1. The van der Waals surface area contributed by atoms with Crippen LogP contribution in [0.5, 0.6) is 0 Å². The van der Waals surface area contributed by atoms with Crippen molar-refractivity contribution in [2.45, 2.75) is 64.7 Å². The molecule has 0 aliphatic heterocycles. The molecule has 0 amide bonds. The topological polar surface area (TPSA) is 20.2 Å². The molecule has 1 fully saturated rings. The van der Waals surface area contributed by atoms with Gasteiger partial charge in [0.05, 0.1) is 5.76 Å². The largest absolute Gasteiger partial charge is 0.513 e. The summed E-state index contributed by atoms with van der Waals surface area (Å²) in [6.07, 6.45) is 18.2. The van der Waals surface area contributed by atoms with Crippen molar-refractivity contribution < 1.29 is 5.11 Å². The molecular weight excluding hydrogens is 220 g/mol. The van der Waals surface area contributed by atoms with Gasteiger partial charge in [-0.25, -0.2) is 0 Å². The van der Waals surface area contributed by atoms with E-state index >= 15 is 0 Å². The first-order valence-corrected chi connectivity index (χ1v) is 7.82. The van der Waals surface area contributed by atoms with Gasteiger partial charge in [0.25, 0.3) is 0 Å². The Morgan fingerprint density at radius 2 is 2.11 bits per heavy atom. The second kappa shape index (κ2) is 7.01. The van der Waals surface area contributed by atoms with Gasteiger partial charge in [0.2, 0.25) is 0 Å². The summed E-state index contributed by atoms with van der Waals surface area (Å²) < 4.78 is 0. The lowest BCUT2D eigenvalue weighted by atomic mass is 9.66. The van der Waals surface area contributed by atoms with E-state index in [1.54, 1.807) is 0 Å². The summed E-state index contributed by atoms with van der Waals surface area (Å²) in [7, 11) is 0. The predicted octanol–water partition coefficient (Wildman–Crippen LogP) is 5.39. The third kappa shape index (κ3) is 3.63. The van der Waals surface area contributed by atoms with E-state index in [0.29, 0.717) is 11.7 Å². The van der Waals surface area contributed by atoms with Crippen molar-refractivity contribution in [1.29, 1.82) is 0 Å². The molecule has 0 spiro atoms. The van der Waals surface area contributed by atoms with Crippen LogP contribution >= 0.6 is 0 Å². The summed E-state index contributed by atoms with van der Waals surface area (Å²) in [5.74, 6) is 2.99. The van der Waals surface area contributed by atoms with Crippen molar-refractivity contribution >= 4 is 0 Å². The van der Waals surface area contributed by atoms with Crippen molar-refractivity contribution in [3.05, 3.63) is 24.0 Å². The van der Waals surface area contributed by atoms with Gasteiger partial charge in [0, 0.05) is 6.42 Å². The van der Waals surface area contributed by atoms with Crippen LogP contribution in [0.1, 0.15) is 64.7 Å². The van der Waals surface area contributed by atoms with Crippen LogP contribution in [0.4, 0.5) is 0 Å². The maximum absolute atomic E-state index is 9.91. The number of aliphatic hydroxyl groups is 1. The van der Waals surface area contributed by atoms with E-state index in [9.17, 15) is 5.11 Å². The minimum atomic E-state index is 0.662. The number of fused-ring (bicyclic) bond motifs is 1. The standard InChI is InChI=1S/C17H28O/c1-2-3-4-5-6-9-14-12-16(18)13-15-10-7-8-11-17(14)15/h2-3,12,14-15,17-18H,4-11,13H2,1H3/b3-2-. The second-order valence-electron chi connectivity index (χ2n) is 6.09. The van der Waals surface area contributed by atoms with Crippen LogP contribution in [0.25, 0.3) is 0 Å². The lowest BCUT2D eigenvalue weighted by molar-refractivity contribution is 0.140. The molecule has 0 radical (unpaired) electrons. The van der Waals surface area contributed by atoms with Gasteiger partial charge in [-0.15, -0.1) is 0 Å². The van der Waals surface area contributed by atoms with E-state index in [4.69, 9.17) is 0 Å². The summed E-state index contributed by atoms with van der Waals surface area (Å²) in [6.45, 7) is 2.09. The Morgan fingerprint density at radius 3 is 2.94 bits per heavy atom. The van der Waals surface area contributed by atoms with E-state index in [-0.39, 0.29) is 0 Å². The molecule has 1 saturated carbocycles. The summed E-state index contributed by atoms with van der Waals surface area (Å²) >= 11 is 0. The summed E-state index contributed by atoms with van der Waals surface area (Å²) in [5, 5.41) is 9.91. The molecule has 0 saturated heterocycles. The van der Waals surface area contributed by atoms with Crippen LogP contribution in [0.3, 0.4) is 0 Å². The quantitative estimate of drug-likeness (QED) is 0.511. The van der Waals surface area contributed by atoms with Crippen molar-refractivity contribution in [3.63, 3.8) is 0 Å². The highest BCUT2D eigenvalue weighted by atomic mass is 16.3. The maximum atomic E-state index is 9.91. The van der Waals surface area contributed by atoms with Gasteiger partial charge in [0.15, 0.2) is 0 Å². The summed E-state index contributed by atoms with van der Waals surface area (Å²) in [4.78, 5) is 0. The molecular formula is C17H28O. The highest BCUT2D eigenvalue weighted by Gasteiger charge is 2.34. The van der Waals surface area contributed by atoms with Gasteiger partial charge >= 0.3 is 0 Å². The molecule has 0 aromatic rings. The van der Waals surface area contributed by atoms with E-state index in [1.165, 1.54) is 51.4 Å². The van der Waals surface area contributed by atoms with Gasteiger partial charge in [-0.2, -0.15) is 0 Å². The average Bonchev–Trinajstić information content (AvgIpc) is 2.38. The number of aliphatic hydroxyl groups excluding tert-OH is 1. The minimum absolute atomic E-state index is 0.662. The van der Waals surface area contributed by atoms with E-state index < -0.39 is 0 Å². The number of allylic oxidation sites excluding steroid dienone is 4. The van der Waals surface area contributed by atoms with Gasteiger partial charge in [-0.1, -0.05) is 31.4 Å². The van der Waals surface area contributed by atoms with Gasteiger partial charge in [0.1, 0.15) is 0 Å². The van der Waals surface area contributed by atoms with Crippen LogP contribution in [0.2, 0.25) is 0 Å². The second-order valence-corrected chi connectivity index (χ2v) is 6.09. The highest BCUT2D eigenvalue weighted by Crippen LogP contribution is 2.44. The molecule has 0 bridgehead atoms. The molecule has 2 rings (SSSR count). The van der Waals surface area contributed by atoms with E-state index in [0.717, 1.165) is 18.3 Å². The van der Waals surface area contributed by atoms with Gasteiger partial charge in [-0.05, 0) is 62.9 Å². The fourth-order valence-electron chi connectivity index (χ4n) is 3.87. The lowest BCUT2D eigenvalue weighted by Crippen LogP contribution is -2.30. The summed E-state index contributed by atoms with van der Waals surface area (Å²) in [5.41, 5.74) is 0. The zero-order valence-corrected chi connectivity index (χ0v) is 11.8. The van der Waals surface area contributed by atoms with Crippen LogP contribution < -0.4 is 0 Å². The molecule has 1 heteroatoms. The Bertz CT molecular complexity index is 303. The van der Waals surface area contributed by atoms with Crippen molar-refractivity contribution in [3.8, 4) is 0 Å². The molecule has 0 aromatic carbocycles. The Labute approximate surface area is 112 Å². The van der Waals surface area contributed by atoms with E-state index in [2.05, 4.69) is 25.2 Å². The first-order chi connectivity index (χ1) is 8.81. The molecule has 1 N–H and O–H groups in total. The zero-order valence-electron chi connectivity index (χ0n) is 11.8. The van der Waals surface area contributed by atoms with Gasteiger partial charge < -0.3 is 5.11 Å². The lowest BCUT2D eigenvalue weighted by Gasteiger charge is -2.39. The molecule has 3 atom stereocenters. The van der Waals surface area contributed by atoms with Crippen molar-refractivity contribution in [1.82, 2.24) is 0 Å². The Kier molecular flexibility index (Phi) is 5.34.